The normalized spacial score (nSPS) is 18.6. The molecule has 1 aliphatic heterocycles. The number of benzene rings is 1. The van der Waals surface area contributed by atoms with E-state index in [4.69, 9.17) is 0 Å². The van der Waals surface area contributed by atoms with Crippen molar-refractivity contribution in [1.29, 1.82) is 0 Å². The van der Waals surface area contributed by atoms with Gasteiger partial charge in [-0.3, -0.25) is 14.4 Å². The fourth-order valence-electron chi connectivity index (χ4n) is 2.74. The van der Waals surface area contributed by atoms with Crippen molar-refractivity contribution < 1.29 is 19.5 Å². The molecule has 7 heteroatoms. The Morgan fingerprint density at radius 2 is 2.14 bits per heavy atom. The fraction of sp³-hybridized carbons (Fsp3) is 0.400. The van der Waals surface area contributed by atoms with Crippen molar-refractivity contribution in [1.82, 2.24) is 0 Å². The lowest BCUT2D eigenvalue weighted by Crippen LogP contribution is -2.41. The van der Waals surface area contributed by atoms with Crippen molar-refractivity contribution in [2.24, 2.45) is 5.41 Å². The van der Waals surface area contributed by atoms with Gasteiger partial charge in [0.25, 0.3) is 0 Å². The molecule has 1 aromatic rings. The van der Waals surface area contributed by atoms with Gasteiger partial charge in [0.2, 0.25) is 11.8 Å². The maximum absolute atomic E-state index is 12.1. The molecule has 1 saturated carbocycles. The number of carboxylic acid groups (broad SMARTS) is 1. The van der Waals surface area contributed by atoms with Crippen molar-refractivity contribution in [3.8, 4) is 0 Å². The van der Waals surface area contributed by atoms with Gasteiger partial charge in [0.15, 0.2) is 0 Å². The van der Waals surface area contributed by atoms with Gasteiger partial charge in [-0.05, 0) is 31.0 Å². The lowest BCUT2D eigenvalue weighted by Gasteiger charge is -2.36. The molecule has 1 fully saturated rings. The maximum Gasteiger partial charge on any atom is 0.310 e. The van der Waals surface area contributed by atoms with Gasteiger partial charge in [0.05, 0.1) is 16.9 Å². The monoisotopic (exact) mass is 320 g/mol. The highest BCUT2D eigenvalue weighted by atomic mass is 32.2. The number of hydrogen-bond acceptors (Lipinski definition) is 4. The number of carbonyl (C=O) groups is 3. The lowest BCUT2D eigenvalue weighted by molar-refractivity contribution is -0.157. The zero-order chi connectivity index (χ0) is 15.7. The number of rotatable bonds is 4. The summed E-state index contributed by atoms with van der Waals surface area (Å²) in [6.45, 7) is 0. The van der Waals surface area contributed by atoms with Crippen LogP contribution in [0, 0.1) is 5.41 Å². The molecule has 6 nitrogen and oxygen atoms in total. The lowest BCUT2D eigenvalue weighted by atomic mass is 9.66. The molecule has 0 aromatic heterocycles. The van der Waals surface area contributed by atoms with Crippen LogP contribution in [-0.2, 0) is 14.4 Å². The highest BCUT2D eigenvalue weighted by Crippen LogP contribution is 2.44. The summed E-state index contributed by atoms with van der Waals surface area (Å²) in [7, 11) is 0. The van der Waals surface area contributed by atoms with Gasteiger partial charge in [0.1, 0.15) is 0 Å². The summed E-state index contributed by atoms with van der Waals surface area (Å²) in [4.78, 5) is 35.7. The van der Waals surface area contributed by atoms with Crippen LogP contribution in [0.15, 0.2) is 23.1 Å². The minimum Gasteiger partial charge on any atom is -0.481 e. The van der Waals surface area contributed by atoms with Gasteiger partial charge in [0, 0.05) is 17.0 Å². The second kappa shape index (κ2) is 5.64. The van der Waals surface area contributed by atoms with Crippen LogP contribution in [-0.4, -0.2) is 28.6 Å². The Bertz CT molecular complexity index is 655. The molecule has 22 heavy (non-hydrogen) atoms. The quantitative estimate of drug-likeness (QED) is 0.791. The molecule has 0 radical (unpaired) electrons. The number of carboxylic acids is 1. The van der Waals surface area contributed by atoms with Gasteiger partial charge in [-0.25, -0.2) is 0 Å². The average molecular weight is 320 g/mol. The zero-order valence-electron chi connectivity index (χ0n) is 11.8. The van der Waals surface area contributed by atoms with E-state index in [1.165, 1.54) is 11.8 Å². The summed E-state index contributed by atoms with van der Waals surface area (Å²) >= 11 is 1.45. The standard InChI is InChI=1S/C15H16N2O4S/c18-12(7-15(14(20)21)4-1-5-15)16-9-2-3-11-10(6-9)17-13(19)8-22-11/h2-3,6H,1,4-5,7-8H2,(H,16,18)(H,17,19)(H,20,21). The van der Waals surface area contributed by atoms with Crippen LogP contribution < -0.4 is 10.6 Å². The van der Waals surface area contributed by atoms with E-state index >= 15 is 0 Å². The molecule has 0 atom stereocenters. The molecule has 2 aliphatic rings. The van der Waals surface area contributed by atoms with Crippen LogP contribution in [0.4, 0.5) is 11.4 Å². The summed E-state index contributed by atoms with van der Waals surface area (Å²) in [6, 6.07) is 5.30. The number of hydrogen-bond donors (Lipinski definition) is 3. The van der Waals surface area contributed by atoms with Crippen LogP contribution >= 0.6 is 11.8 Å². The Morgan fingerprint density at radius 3 is 2.77 bits per heavy atom. The summed E-state index contributed by atoms with van der Waals surface area (Å²) in [5.41, 5.74) is 0.338. The molecule has 0 bridgehead atoms. The van der Waals surface area contributed by atoms with Gasteiger partial charge < -0.3 is 15.7 Å². The molecule has 0 saturated heterocycles. The van der Waals surface area contributed by atoms with E-state index in [9.17, 15) is 19.5 Å². The SMILES string of the molecule is O=C(CC1(C(=O)O)CCC1)Nc1ccc2c(c1)NC(=O)CS2. The number of aliphatic carboxylic acids is 1. The second-order valence-electron chi connectivity index (χ2n) is 5.71. The van der Waals surface area contributed by atoms with Crippen molar-refractivity contribution in [3.63, 3.8) is 0 Å². The number of anilines is 2. The minimum atomic E-state index is -0.900. The third-order valence-corrected chi connectivity index (χ3v) is 5.23. The van der Waals surface area contributed by atoms with E-state index in [1.54, 1.807) is 12.1 Å². The number of fused-ring (bicyclic) bond motifs is 1. The molecule has 1 aromatic carbocycles. The number of nitrogens with one attached hydrogen (secondary N) is 2. The second-order valence-corrected chi connectivity index (χ2v) is 6.73. The molecule has 0 unspecified atom stereocenters. The van der Waals surface area contributed by atoms with Gasteiger partial charge >= 0.3 is 5.97 Å². The van der Waals surface area contributed by atoms with Crippen molar-refractivity contribution in [3.05, 3.63) is 18.2 Å². The van der Waals surface area contributed by atoms with E-state index in [0.717, 1.165) is 11.3 Å². The van der Waals surface area contributed by atoms with Crippen LogP contribution in [0.5, 0.6) is 0 Å². The molecule has 1 heterocycles. The van der Waals surface area contributed by atoms with Crippen LogP contribution in [0.25, 0.3) is 0 Å². The van der Waals surface area contributed by atoms with E-state index in [1.807, 2.05) is 6.07 Å². The molecule has 0 spiro atoms. The van der Waals surface area contributed by atoms with Crippen molar-refractivity contribution in [2.45, 2.75) is 30.6 Å². The molecule has 3 N–H and O–H groups in total. The summed E-state index contributed by atoms with van der Waals surface area (Å²) in [5.74, 6) is -0.889. The first kappa shape index (κ1) is 14.9. The highest BCUT2D eigenvalue weighted by molar-refractivity contribution is 8.00. The fourth-order valence-corrected chi connectivity index (χ4v) is 3.53. The Balaban J connectivity index is 1.68. The Kier molecular flexibility index (Phi) is 3.82. The van der Waals surface area contributed by atoms with Crippen LogP contribution in [0.1, 0.15) is 25.7 Å². The first-order valence-electron chi connectivity index (χ1n) is 7.08. The first-order valence-corrected chi connectivity index (χ1v) is 8.07. The predicted molar refractivity (Wildman–Crippen MR) is 83.0 cm³/mol. The molecule has 3 rings (SSSR count). The molecule has 2 amide bonds. The van der Waals surface area contributed by atoms with Crippen LogP contribution in [0.2, 0.25) is 0 Å². The predicted octanol–water partition coefficient (Wildman–Crippen LogP) is 2.31. The minimum absolute atomic E-state index is 0.0134. The van der Waals surface area contributed by atoms with E-state index in [-0.39, 0.29) is 18.2 Å². The van der Waals surface area contributed by atoms with Crippen LogP contribution in [0.3, 0.4) is 0 Å². The van der Waals surface area contributed by atoms with Gasteiger partial charge in [-0.1, -0.05) is 6.42 Å². The third kappa shape index (κ3) is 2.81. The summed E-state index contributed by atoms with van der Waals surface area (Å²) < 4.78 is 0. The van der Waals surface area contributed by atoms with E-state index < -0.39 is 11.4 Å². The number of amides is 2. The van der Waals surface area contributed by atoms with Crippen molar-refractivity contribution >= 4 is 40.9 Å². The first-order chi connectivity index (χ1) is 10.5. The van der Waals surface area contributed by atoms with Gasteiger partial charge in [-0.2, -0.15) is 0 Å². The Hall–Kier alpha value is -2.02. The number of thioether (sulfide) groups is 1. The Labute approximate surface area is 131 Å². The zero-order valence-corrected chi connectivity index (χ0v) is 12.7. The molecule has 116 valence electrons. The largest absolute Gasteiger partial charge is 0.481 e. The van der Waals surface area contributed by atoms with E-state index in [0.29, 0.717) is 30.0 Å². The molecular formula is C15H16N2O4S. The highest BCUT2D eigenvalue weighted by Gasteiger charge is 2.45. The van der Waals surface area contributed by atoms with Gasteiger partial charge in [-0.15, -0.1) is 11.8 Å². The number of carbonyl (C=O) groups excluding carboxylic acids is 2. The van der Waals surface area contributed by atoms with E-state index in [2.05, 4.69) is 10.6 Å². The smallest absolute Gasteiger partial charge is 0.310 e. The van der Waals surface area contributed by atoms with Crippen molar-refractivity contribution in [2.75, 3.05) is 16.4 Å². The topological polar surface area (TPSA) is 95.5 Å². The summed E-state index contributed by atoms with van der Waals surface area (Å²) in [6.07, 6.45) is 1.93. The Morgan fingerprint density at radius 1 is 1.36 bits per heavy atom. The average Bonchev–Trinajstić information content (AvgIpc) is 2.42. The third-order valence-electron chi connectivity index (χ3n) is 4.16. The molecular weight excluding hydrogens is 304 g/mol. The molecule has 1 aliphatic carbocycles. The summed E-state index contributed by atoms with van der Waals surface area (Å²) in [5, 5.41) is 14.7. The maximum atomic E-state index is 12.1.